The van der Waals surface area contributed by atoms with Crippen molar-refractivity contribution in [3.8, 4) is 0 Å². The number of halogens is 2. The van der Waals surface area contributed by atoms with Crippen LogP contribution in [0.2, 0.25) is 0 Å². The third-order valence-corrected chi connectivity index (χ3v) is 3.03. The monoisotopic (exact) mass is 256 g/mol. The summed E-state index contributed by atoms with van der Waals surface area (Å²) in [7, 11) is 0. The second-order valence-electron chi connectivity index (χ2n) is 3.33. The highest BCUT2D eigenvalue weighted by atomic mass is 79.9. The van der Waals surface area contributed by atoms with Crippen LogP contribution >= 0.6 is 15.9 Å². The van der Waals surface area contributed by atoms with E-state index in [0.717, 1.165) is 21.1 Å². The van der Waals surface area contributed by atoms with E-state index in [1.807, 2.05) is 6.92 Å². The lowest BCUT2D eigenvalue weighted by molar-refractivity contribution is 0.629. The van der Waals surface area contributed by atoms with E-state index in [4.69, 9.17) is 5.73 Å². The number of aromatic amines is 1. The van der Waals surface area contributed by atoms with Crippen LogP contribution in [-0.4, -0.2) is 4.98 Å². The molecule has 1 unspecified atom stereocenters. The van der Waals surface area contributed by atoms with Gasteiger partial charge in [0.15, 0.2) is 0 Å². The molecule has 0 bridgehead atoms. The second kappa shape index (κ2) is 3.37. The summed E-state index contributed by atoms with van der Waals surface area (Å²) in [5.74, 6) is -0.248. The van der Waals surface area contributed by atoms with Crippen molar-refractivity contribution < 1.29 is 4.39 Å². The molecule has 2 aromatic rings. The quantitative estimate of drug-likeness (QED) is 0.809. The van der Waals surface area contributed by atoms with Gasteiger partial charge in [-0.25, -0.2) is 4.39 Å². The first-order valence-electron chi connectivity index (χ1n) is 4.32. The predicted octanol–water partition coefficient (Wildman–Crippen LogP) is 3.09. The lowest BCUT2D eigenvalue weighted by Gasteiger charge is -2.01. The first-order valence-corrected chi connectivity index (χ1v) is 5.11. The minimum Gasteiger partial charge on any atom is -0.356 e. The fourth-order valence-corrected chi connectivity index (χ4v) is 2.28. The first kappa shape index (κ1) is 9.68. The van der Waals surface area contributed by atoms with Crippen LogP contribution in [0.15, 0.2) is 22.7 Å². The van der Waals surface area contributed by atoms with Crippen LogP contribution < -0.4 is 5.73 Å². The van der Waals surface area contributed by atoms with Gasteiger partial charge >= 0.3 is 0 Å². The van der Waals surface area contributed by atoms with Gasteiger partial charge in [-0.3, -0.25) is 0 Å². The fourth-order valence-electron chi connectivity index (χ4n) is 1.47. The third kappa shape index (κ3) is 1.44. The van der Waals surface area contributed by atoms with Gasteiger partial charge in [0.1, 0.15) is 5.82 Å². The van der Waals surface area contributed by atoms with E-state index in [0.29, 0.717) is 0 Å². The third-order valence-electron chi connectivity index (χ3n) is 2.18. The highest BCUT2D eigenvalue weighted by Gasteiger charge is 2.12. The lowest BCUT2D eigenvalue weighted by atomic mass is 10.2. The van der Waals surface area contributed by atoms with E-state index in [1.54, 1.807) is 6.07 Å². The maximum atomic E-state index is 12.9. The van der Waals surface area contributed by atoms with Crippen molar-refractivity contribution >= 4 is 26.8 Å². The van der Waals surface area contributed by atoms with Crippen molar-refractivity contribution in [2.24, 2.45) is 5.73 Å². The van der Waals surface area contributed by atoms with Gasteiger partial charge in [0.25, 0.3) is 0 Å². The average molecular weight is 257 g/mol. The Morgan fingerprint density at radius 3 is 2.86 bits per heavy atom. The molecule has 4 heteroatoms. The molecule has 0 fully saturated rings. The van der Waals surface area contributed by atoms with Gasteiger partial charge < -0.3 is 10.7 Å². The SMILES string of the molecule is CC(N)c1[nH]c2cc(F)ccc2c1Br. The molecule has 3 N–H and O–H groups in total. The molecule has 0 spiro atoms. The van der Waals surface area contributed by atoms with E-state index >= 15 is 0 Å². The molecular weight excluding hydrogens is 247 g/mol. The standard InChI is InChI=1S/C10H10BrFN2/c1-5(13)10-9(11)7-3-2-6(12)4-8(7)14-10/h2-5,14H,13H2,1H3. The molecule has 0 aliphatic rings. The number of nitrogens with two attached hydrogens (primary N) is 1. The molecule has 1 aromatic carbocycles. The molecule has 0 saturated heterocycles. The highest BCUT2D eigenvalue weighted by molar-refractivity contribution is 9.10. The summed E-state index contributed by atoms with van der Waals surface area (Å²) in [6.07, 6.45) is 0. The summed E-state index contributed by atoms with van der Waals surface area (Å²) in [4.78, 5) is 3.09. The molecule has 0 aliphatic heterocycles. The number of benzene rings is 1. The zero-order valence-corrected chi connectivity index (χ0v) is 9.23. The van der Waals surface area contributed by atoms with Gasteiger partial charge in [-0.15, -0.1) is 0 Å². The Kier molecular flexibility index (Phi) is 2.33. The molecule has 0 radical (unpaired) electrons. The minimum atomic E-state index is -0.248. The van der Waals surface area contributed by atoms with Gasteiger partial charge in [-0.05, 0) is 41.1 Å². The number of H-pyrrole nitrogens is 1. The topological polar surface area (TPSA) is 41.8 Å². The molecule has 1 atom stereocenters. The number of nitrogens with one attached hydrogen (secondary N) is 1. The zero-order valence-electron chi connectivity index (χ0n) is 7.64. The van der Waals surface area contributed by atoms with Crippen molar-refractivity contribution in [2.75, 3.05) is 0 Å². The van der Waals surface area contributed by atoms with Crippen LogP contribution in [0, 0.1) is 5.82 Å². The number of fused-ring (bicyclic) bond motifs is 1. The zero-order chi connectivity index (χ0) is 10.3. The summed E-state index contributed by atoms with van der Waals surface area (Å²) < 4.78 is 13.8. The molecule has 74 valence electrons. The van der Waals surface area contributed by atoms with Gasteiger partial charge in [0.2, 0.25) is 0 Å². The summed E-state index contributed by atoms with van der Waals surface area (Å²) in [5, 5.41) is 0.957. The molecule has 0 aliphatic carbocycles. The Morgan fingerprint density at radius 1 is 1.50 bits per heavy atom. The summed E-state index contributed by atoms with van der Waals surface area (Å²) >= 11 is 3.44. The van der Waals surface area contributed by atoms with Gasteiger partial charge in [0, 0.05) is 27.1 Å². The van der Waals surface area contributed by atoms with Crippen molar-refractivity contribution in [3.05, 3.63) is 34.2 Å². The number of hydrogen-bond donors (Lipinski definition) is 2. The number of aromatic nitrogens is 1. The van der Waals surface area contributed by atoms with Crippen molar-refractivity contribution in [3.63, 3.8) is 0 Å². The molecular formula is C10H10BrFN2. The molecule has 2 rings (SSSR count). The Hall–Kier alpha value is -0.870. The predicted molar refractivity (Wildman–Crippen MR) is 58.6 cm³/mol. The van der Waals surface area contributed by atoms with Gasteiger partial charge in [-0.1, -0.05) is 0 Å². The van der Waals surface area contributed by atoms with Crippen LogP contribution in [-0.2, 0) is 0 Å². The molecule has 14 heavy (non-hydrogen) atoms. The Balaban J connectivity index is 2.73. The van der Waals surface area contributed by atoms with E-state index in [9.17, 15) is 4.39 Å². The smallest absolute Gasteiger partial charge is 0.125 e. The minimum absolute atomic E-state index is 0.0974. The van der Waals surface area contributed by atoms with Crippen molar-refractivity contribution in [2.45, 2.75) is 13.0 Å². The summed E-state index contributed by atoms with van der Waals surface area (Å²) in [6.45, 7) is 1.88. The van der Waals surface area contributed by atoms with Crippen molar-refractivity contribution in [1.82, 2.24) is 4.98 Å². The van der Waals surface area contributed by atoms with Crippen LogP contribution in [0.25, 0.3) is 10.9 Å². The Bertz CT molecular complexity index is 476. The normalized spacial score (nSPS) is 13.4. The van der Waals surface area contributed by atoms with E-state index < -0.39 is 0 Å². The van der Waals surface area contributed by atoms with Crippen LogP contribution in [0.4, 0.5) is 4.39 Å². The molecule has 0 saturated carbocycles. The first-order chi connectivity index (χ1) is 6.59. The molecule has 1 heterocycles. The van der Waals surface area contributed by atoms with Crippen LogP contribution in [0.1, 0.15) is 18.7 Å². The van der Waals surface area contributed by atoms with Gasteiger partial charge in [0.05, 0.1) is 0 Å². The average Bonchev–Trinajstić information content (AvgIpc) is 2.43. The maximum absolute atomic E-state index is 12.9. The number of hydrogen-bond acceptors (Lipinski definition) is 1. The second-order valence-corrected chi connectivity index (χ2v) is 4.12. The Labute approximate surface area is 89.4 Å². The Morgan fingerprint density at radius 2 is 2.21 bits per heavy atom. The summed E-state index contributed by atoms with van der Waals surface area (Å²) in [6, 6.07) is 4.54. The largest absolute Gasteiger partial charge is 0.356 e. The fraction of sp³-hybridized carbons (Fsp3) is 0.200. The maximum Gasteiger partial charge on any atom is 0.125 e. The van der Waals surface area contributed by atoms with Crippen LogP contribution in [0.3, 0.4) is 0 Å². The van der Waals surface area contributed by atoms with E-state index in [2.05, 4.69) is 20.9 Å². The highest BCUT2D eigenvalue weighted by Crippen LogP contribution is 2.30. The van der Waals surface area contributed by atoms with Crippen LogP contribution in [0.5, 0.6) is 0 Å². The molecule has 0 amide bonds. The van der Waals surface area contributed by atoms with Crippen molar-refractivity contribution in [1.29, 1.82) is 0 Å². The molecule has 2 nitrogen and oxygen atoms in total. The molecule has 1 aromatic heterocycles. The van der Waals surface area contributed by atoms with E-state index in [1.165, 1.54) is 12.1 Å². The lowest BCUT2D eigenvalue weighted by Crippen LogP contribution is -2.05. The van der Waals surface area contributed by atoms with E-state index in [-0.39, 0.29) is 11.9 Å². The van der Waals surface area contributed by atoms with Gasteiger partial charge in [-0.2, -0.15) is 0 Å². The summed E-state index contributed by atoms with van der Waals surface area (Å²) in [5.41, 5.74) is 7.42. The number of rotatable bonds is 1.